The van der Waals surface area contributed by atoms with E-state index in [2.05, 4.69) is 6.92 Å². The van der Waals surface area contributed by atoms with Crippen molar-refractivity contribution >= 4 is 5.97 Å². The highest BCUT2D eigenvalue weighted by atomic mass is 16.5. The van der Waals surface area contributed by atoms with E-state index in [1.165, 1.54) is 0 Å². The lowest BCUT2D eigenvalue weighted by Gasteiger charge is -2.27. The Labute approximate surface area is 147 Å². The number of phenols is 1. The van der Waals surface area contributed by atoms with Gasteiger partial charge in [0, 0.05) is 17.5 Å². The van der Waals surface area contributed by atoms with Crippen LogP contribution in [0.25, 0.3) is 0 Å². The summed E-state index contributed by atoms with van der Waals surface area (Å²) in [6, 6.07) is 3.60. The van der Waals surface area contributed by atoms with E-state index in [0.717, 1.165) is 36.8 Å². The van der Waals surface area contributed by atoms with Crippen molar-refractivity contribution in [3.63, 3.8) is 0 Å². The Hall–Kier alpha value is -1.51. The Morgan fingerprint density at radius 3 is 1.88 bits per heavy atom. The molecule has 3 nitrogen and oxygen atoms in total. The summed E-state index contributed by atoms with van der Waals surface area (Å²) < 4.78 is 5.57. The van der Waals surface area contributed by atoms with Gasteiger partial charge in [0.2, 0.25) is 0 Å². The Bertz CT molecular complexity index is 524. The lowest BCUT2D eigenvalue weighted by molar-refractivity contribution is -0.134. The molecule has 0 aliphatic heterocycles. The Balaban J connectivity index is 3.05. The Kier molecular flexibility index (Phi) is 6.88. The molecule has 0 radical (unpaired) electrons. The number of esters is 1. The van der Waals surface area contributed by atoms with Crippen molar-refractivity contribution in [2.75, 3.05) is 0 Å². The minimum absolute atomic E-state index is 0.198. The molecule has 1 aromatic rings. The molecule has 0 aromatic heterocycles. The van der Waals surface area contributed by atoms with E-state index < -0.39 is 0 Å². The van der Waals surface area contributed by atoms with Gasteiger partial charge in [0.25, 0.3) is 0 Å². The first-order valence-electron chi connectivity index (χ1n) is 9.05. The number of benzene rings is 1. The van der Waals surface area contributed by atoms with Crippen molar-refractivity contribution in [2.24, 2.45) is 0 Å². The van der Waals surface area contributed by atoms with E-state index in [9.17, 15) is 9.90 Å². The van der Waals surface area contributed by atoms with Crippen LogP contribution in [0.3, 0.4) is 0 Å². The first kappa shape index (κ1) is 20.5. The van der Waals surface area contributed by atoms with E-state index in [1.54, 1.807) is 12.1 Å². The van der Waals surface area contributed by atoms with Crippen molar-refractivity contribution in [3.8, 4) is 11.5 Å². The number of phenolic OH excluding ortho intramolecular Hbond substituents is 1. The summed E-state index contributed by atoms with van der Waals surface area (Å²) in [6.45, 7) is 14.4. The van der Waals surface area contributed by atoms with Crippen LogP contribution < -0.4 is 4.74 Å². The second-order valence-electron chi connectivity index (χ2n) is 8.65. The van der Waals surface area contributed by atoms with E-state index in [1.807, 2.05) is 41.5 Å². The molecule has 0 bridgehead atoms. The molecule has 1 rings (SSSR count). The highest BCUT2D eigenvalue weighted by Gasteiger charge is 2.27. The van der Waals surface area contributed by atoms with E-state index >= 15 is 0 Å². The van der Waals surface area contributed by atoms with Crippen molar-refractivity contribution in [2.45, 2.75) is 91.4 Å². The van der Waals surface area contributed by atoms with Crippen molar-refractivity contribution < 1.29 is 14.6 Å². The van der Waals surface area contributed by atoms with Crippen LogP contribution in [0, 0.1) is 0 Å². The monoisotopic (exact) mass is 334 g/mol. The molecule has 24 heavy (non-hydrogen) atoms. The maximum absolute atomic E-state index is 12.1. The number of unbranched alkanes of at least 4 members (excludes halogenated alkanes) is 3. The van der Waals surface area contributed by atoms with Gasteiger partial charge in [0.1, 0.15) is 11.5 Å². The van der Waals surface area contributed by atoms with Gasteiger partial charge < -0.3 is 9.84 Å². The predicted octanol–water partition coefficient (Wildman–Crippen LogP) is 5.86. The summed E-state index contributed by atoms with van der Waals surface area (Å²) in [4.78, 5) is 12.1. The van der Waals surface area contributed by atoms with Gasteiger partial charge in [-0.2, -0.15) is 0 Å². The molecule has 0 heterocycles. The summed E-state index contributed by atoms with van der Waals surface area (Å²) in [7, 11) is 0. The smallest absolute Gasteiger partial charge is 0.311 e. The zero-order valence-corrected chi connectivity index (χ0v) is 16.5. The quantitative estimate of drug-likeness (QED) is 0.402. The number of carbonyl (C=O) groups excluding carboxylic acids is 1. The fourth-order valence-corrected chi connectivity index (χ4v) is 2.69. The number of hydrogen-bond acceptors (Lipinski definition) is 3. The van der Waals surface area contributed by atoms with Crippen molar-refractivity contribution in [3.05, 3.63) is 23.3 Å². The molecule has 1 N–H and O–H groups in total. The standard InChI is InChI=1S/C21H34O3/c1-8-9-10-11-12-18(22)24-15-13-16(20(2,3)4)19(23)17(14-15)21(5,6)7/h13-14,23H,8-12H2,1-7H3. The molecule has 3 heteroatoms. The van der Waals surface area contributed by atoms with E-state index in [4.69, 9.17) is 4.74 Å². The van der Waals surface area contributed by atoms with Gasteiger partial charge in [0.15, 0.2) is 0 Å². The largest absolute Gasteiger partial charge is 0.507 e. The lowest BCUT2D eigenvalue weighted by Crippen LogP contribution is -2.18. The number of aromatic hydroxyl groups is 1. The molecule has 0 unspecified atom stereocenters. The average Bonchev–Trinajstić information content (AvgIpc) is 2.43. The summed E-state index contributed by atoms with van der Waals surface area (Å²) >= 11 is 0. The normalized spacial score (nSPS) is 12.3. The fourth-order valence-electron chi connectivity index (χ4n) is 2.69. The zero-order chi connectivity index (χ0) is 18.5. The SMILES string of the molecule is CCCCCCC(=O)Oc1cc(C(C)(C)C)c(O)c(C(C)(C)C)c1. The number of hydrogen-bond donors (Lipinski definition) is 1. The van der Waals surface area contributed by atoms with Gasteiger partial charge in [-0.3, -0.25) is 4.79 Å². The van der Waals surface area contributed by atoms with Crippen LogP contribution in [0.2, 0.25) is 0 Å². The minimum Gasteiger partial charge on any atom is -0.507 e. The first-order chi connectivity index (χ1) is 11.0. The highest BCUT2D eigenvalue weighted by molar-refractivity contribution is 5.72. The fraction of sp³-hybridized carbons (Fsp3) is 0.667. The van der Waals surface area contributed by atoms with Crippen LogP contribution in [-0.2, 0) is 15.6 Å². The Morgan fingerprint density at radius 1 is 0.958 bits per heavy atom. The molecule has 136 valence electrons. The third kappa shape index (κ3) is 5.85. The third-order valence-corrected chi connectivity index (χ3v) is 4.17. The average molecular weight is 335 g/mol. The molecule has 0 fully saturated rings. The summed E-state index contributed by atoms with van der Waals surface area (Å²) in [5, 5.41) is 10.7. The molecular weight excluding hydrogens is 300 g/mol. The van der Waals surface area contributed by atoms with Crippen LogP contribution in [0.4, 0.5) is 0 Å². The van der Waals surface area contributed by atoms with Crippen molar-refractivity contribution in [1.29, 1.82) is 0 Å². The van der Waals surface area contributed by atoms with Gasteiger partial charge in [-0.1, -0.05) is 67.7 Å². The van der Waals surface area contributed by atoms with Gasteiger partial charge in [0.05, 0.1) is 0 Å². The van der Waals surface area contributed by atoms with Crippen molar-refractivity contribution in [1.82, 2.24) is 0 Å². The Morgan fingerprint density at radius 2 is 1.46 bits per heavy atom. The van der Waals surface area contributed by atoms with Crippen LogP contribution in [-0.4, -0.2) is 11.1 Å². The van der Waals surface area contributed by atoms with Crippen LogP contribution in [0.1, 0.15) is 91.7 Å². The maximum Gasteiger partial charge on any atom is 0.311 e. The van der Waals surface area contributed by atoms with Gasteiger partial charge >= 0.3 is 5.97 Å². The molecule has 1 aromatic carbocycles. The summed E-state index contributed by atoms with van der Waals surface area (Å²) in [6.07, 6.45) is 4.66. The number of rotatable bonds is 6. The van der Waals surface area contributed by atoms with E-state index in [0.29, 0.717) is 17.9 Å². The molecule has 0 atom stereocenters. The molecule has 0 aliphatic rings. The first-order valence-corrected chi connectivity index (χ1v) is 9.05. The zero-order valence-electron chi connectivity index (χ0n) is 16.5. The number of ether oxygens (including phenoxy) is 1. The summed E-state index contributed by atoms with van der Waals surface area (Å²) in [5.74, 6) is 0.636. The van der Waals surface area contributed by atoms with E-state index in [-0.39, 0.29) is 16.8 Å². The number of carbonyl (C=O) groups is 1. The third-order valence-electron chi connectivity index (χ3n) is 4.17. The van der Waals surface area contributed by atoms with Crippen LogP contribution in [0.5, 0.6) is 11.5 Å². The molecule has 0 amide bonds. The molecule has 0 saturated heterocycles. The van der Waals surface area contributed by atoms with Crippen LogP contribution in [0.15, 0.2) is 12.1 Å². The molecule has 0 spiro atoms. The highest BCUT2D eigenvalue weighted by Crippen LogP contribution is 2.41. The maximum atomic E-state index is 12.1. The molecular formula is C21H34O3. The molecule has 0 aliphatic carbocycles. The van der Waals surface area contributed by atoms with Gasteiger partial charge in [-0.25, -0.2) is 0 Å². The molecule has 0 saturated carbocycles. The topological polar surface area (TPSA) is 46.5 Å². The van der Waals surface area contributed by atoms with Crippen LogP contribution >= 0.6 is 0 Å². The lowest BCUT2D eigenvalue weighted by atomic mass is 9.79. The summed E-state index contributed by atoms with van der Waals surface area (Å²) in [5.41, 5.74) is 1.16. The second-order valence-corrected chi connectivity index (χ2v) is 8.65. The minimum atomic E-state index is -0.229. The van der Waals surface area contributed by atoms with Gasteiger partial charge in [-0.05, 0) is 29.4 Å². The van der Waals surface area contributed by atoms with Gasteiger partial charge in [-0.15, -0.1) is 0 Å². The predicted molar refractivity (Wildman–Crippen MR) is 99.9 cm³/mol. The second kappa shape index (κ2) is 8.04.